The lowest BCUT2D eigenvalue weighted by Crippen LogP contribution is -2.54. The van der Waals surface area contributed by atoms with Gasteiger partial charge in [0, 0.05) is 55.9 Å². The lowest BCUT2D eigenvalue weighted by atomic mass is 10.1. The second-order valence-corrected chi connectivity index (χ2v) is 10.5. The third-order valence-electron chi connectivity index (χ3n) is 6.58. The SMILES string of the molecule is COc1cccc(-n2cc(-c3nccnc3C)c3c(N4CCN(C(=O)OC(C)(C)C)C[C@@H]4C)ncnc32)c1. The molecule has 1 aliphatic rings. The quantitative estimate of drug-likeness (QED) is 0.388. The molecule has 10 heteroatoms. The molecule has 1 fully saturated rings. The van der Waals surface area contributed by atoms with Crippen LogP contribution in [-0.2, 0) is 4.74 Å². The first-order valence-corrected chi connectivity index (χ1v) is 12.7. The van der Waals surface area contributed by atoms with Crippen molar-refractivity contribution in [1.29, 1.82) is 0 Å². The van der Waals surface area contributed by atoms with Crippen molar-refractivity contribution < 1.29 is 14.3 Å². The Kier molecular flexibility index (Phi) is 6.64. The molecule has 0 bridgehead atoms. The molecule has 5 rings (SSSR count). The van der Waals surface area contributed by atoms with Crippen molar-refractivity contribution in [2.45, 2.75) is 46.3 Å². The number of nitrogens with zero attached hydrogens (tertiary/aromatic N) is 7. The summed E-state index contributed by atoms with van der Waals surface area (Å²) in [5, 5.41) is 0.886. The van der Waals surface area contributed by atoms with Crippen molar-refractivity contribution in [2.75, 3.05) is 31.6 Å². The zero-order valence-electron chi connectivity index (χ0n) is 22.7. The van der Waals surface area contributed by atoms with Crippen molar-refractivity contribution in [2.24, 2.45) is 0 Å². The van der Waals surface area contributed by atoms with Gasteiger partial charge in [0.05, 0.1) is 29.6 Å². The average Bonchev–Trinajstić information content (AvgIpc) is 3.28. The Morgan fingerprint density at radius 1 is 1.08 bits per heavy atom. The summed E-state index contributed by atoms with van der Waals surface area (Å²) in [7, 11) is 1.65. The summed E-state index contributed by atoms with van der Waals surface area (Å²) in [6.07, 6.45) is 6.72. The van der Waals surface area contributed by atoms with Crippen LogP contribution in [0.5, 0.6) is 5.75 Å². The third-order valence-corrected chi connectivity index (χ3v) is 6.58. The summed E-state index contributed by atoms with van der Waals surface area (Å²) in [6.45, 7) is 11.3. The fraction of sp³-hybridized carbons (Fsp3) is 0.393. The number of fused-ring (bicyclic) bond motifs is 1. The van der Waals surface area contributed by atoms with Crippen LogP contribution in [0.25, 0.3) is 28.0 Å². The van der Waals surface area contributed by atoms with E-state index in [1.807, 2.05) is 62.7 Å². The monoisotopic (exact) mass is 515 g/mol. The van der Waals surface area contributed by atoms with E-state index in [-0.39, 0.29) is 12.1 Å². The molecule has 1 saturated heterocycles. The fourth-order valence-corrected chi connectivity index (χ4v) is 4.84. The highest BCUT2D eigenvalue weighted by Crippen LogP contribution is 2.38. The van der Waals surface area contributed by atoms with E-state index < -0.39 is 5.60 Å². The summed E-state index contributed by atoms with van der Waals surface area (Å²) in [5.41, 5.74) is 3.61. The lowest BCUT2D eigenvalue weighted by molar-refractivity contribution is 0.0218. The van der Waals surface area contributed by atoms with E-state index in [0.29, 0.717) is 19.6 Å². The number of methoxy groups -OCH3 is 1. The smallest absolute Gasteiger partial charge is 0.410 e. The summed E-state index contributed by atoms with van der Waals surface area (Å²) < 4.78 is 13.1. The van der Waals surface area contributed by atoms with Crippen LogP contribution in [0.4, 0.5) is 10.6 Å². The summed E-state index contributed by atoms with van der Waals surface area (Å²) in [6, 6.07) is 7.85. The number of hydrogen-bond donors (Lipinski definition) is 0. The number of benzene rings is 1. The number of aryl methyl sites for hydroxylation is 1. The molecule has 198 valence electrons. The highest BCUT2D eigenvalue weighted by atomic mass is 16.6. The van der Waals surface area contributed by atoms with Crippen LogP contribution in [0, 0.1) is 6.92 Å². The van der Waals surface area contributed by atoms with Crippen LogP contribution in [0.3, 0.4) is 0 Å². The number of amides is 1. The Labute approximate surface area is 222 Å². The van der Waals surface area contributed by atoms with Gasteiger partial charge in [0.25, 0.3) is 0 Å². The molecule has 1 aromatic carbocycles. The number of hydrogen-bond acceptors (Lipinski definition) is 8. The van der Waals surface area contributed by atoms with Gasteiger partial charge in [0.1, 0.15) is 23.5 Å². The molecule has 4 aromatic rings. The van der Waals surface area contributed by atoms with E-state index in [1.54, 1.807) is 30.7 Å². The highest BCUT2D eigenvalue weighted by molar-refractivity contribution is 6.02. The first kappa shape index (κ1) is 25.4. The molecule has 0 radical (unpaired) electrons. The predicted molar refractivity (Wildman–Crippen MR) is 146 cm³/mol. The summed E-state index contributed by atoms with van der Waals surface area (Å²) >= 11 is 0. The minimum absolute atomic E-state index is 0.00495. The molecule has 3 aromatic heterocycles. The highest BCUT2D eigenvalue weighted by Gasteiger charge is 2.32. The van der Waals surface area contributed by atoms with Crippen LogP contribution in [0.15, 0.2) is 49.2 Å². The molecule has 4 heterocycles. The van der Waals surface area contributed by atoms with Gasteiger partial charge >= 0.3 is 6.09 Å². The molecule has 0 spiro atoms. The maximum atomic E-state index is 12.7. The predicted octanol–water partition coefficient (Wildman–Crippen LogP) is 4.64. The molecule has 0 saturated carbocycles. The number of ether oxygens (including phenoxy) is 2. The van der Waals surface area contributed by atoms with E-state index in [1.165, 1.54) is 0 Å². The molecule has 38 heavy (non-hydrogen) atoms. The van der Waals surface area contributed by atoms with Crippen LogP contribution < -0.4 is 9.64 Å². The van der Waals surface area contributed by atoms with Gasteiger partial charge in [0.2, 0.25) is 0 Å². The fourth-order valence-electron chi connectivity index (χ4n) is 4.84. The molecule has 1 amide bonds. The molecule has 0 aliphatic carbocycles. The Bertz CT molecular complexity index is 1480. The number of carbonyl (C=O) groups excluding carboxylic acids is 1. The van der Waals surface area contributed by atoms with Gasteiger partial charge in [0.15, 0.2) is 5.65 Å². The maximum absolute atomic E-state index is 12.7. The van der Waals surface area contributed by atoms with Gasteiger partial charge in [-0.15, -0.1) is 0 Å². The van der Waals surface area contributed by atoms with Crippen molar-refractivity contribution in [3.8, 4) is 22.7 Å². The number of anilines is 1. The Morgan fingerprint density at radius 2 is 1.87 bits per heavy atom. The molecular formula is C28H33N7O3. The van der Waals surface area contributed by atoms with Crippen LogP contribution >= 0.6 is 0 Å². The Morgan fingerprint density at radius 3 is 2.58 bits per heavy atom. The maximum Gasteiger partial charge on any atom is 0.410 e. The molecule has 0 N–H and O–H groups in total. The second-order valence-electron chi connectivity index (χ2n) is 10.5. The Hall–Kier alpha value is -4.21. The van der Waals surface area contributed by atoms with Gasteiger partial charge in [-0.3, -0.25) is 9.97 Å². The second kappa shape index (κ2) is 9.92. The summed E-state index contributed by atoms with van der Waals surface area (Å²) in [5.74, 6) is 1.55. The first-order chi connectivity index (χ1) is 18.2. The molecule has 0 unspecified atom stereocenters. The van der Waals surface area contributed by atoms with Crippen molar-refractivity contribution in [3.63, 3.8) is 0 Å². The van der Waals surface area contributed by atoms with Crippen molar-refractivity contribution in [3.05, 3.63) is 54.9 Å². The lowest BCUT2D eigenvalue weighted by Gasteiger charge is -2.41. The largest absolute Gasteiger partial charge is 0.497 e. The van der Waals surface area contributed by atoms with E-state index in [9.17, 15) is 4.79 Å². The van der Waals surface area contributed by atoms with E-state index in [0.717, 1.165) is 45.2 Å². The third kappa shape index (κ3) is 4.85. The van der Waals surface area contributed by atoms with Crippen LogP contribution in [0.2, 0.25) is 0 Å². The van der Waals surface area contributed by atoms with Gasteiger partial charge in [-0.05, 0) is 46.8 Å². The first-order valence-electron chi connectivity index (χ1n) is 12.7. The normalized spacial score (nSPS) is 16.1. The molecule has 1 atom stereocenters. The van der Waals surface area contributed by atoms with Crippen LogP contribution in [0.1, 0.15) is 33.4 Å². The van der Waals surface area contributed by atoms with Gasteiger partial charge in [-0.1, -0.05) is 6.07 Å². The van der Waals surface area contributed by atoms with Crippen LogP contribution in [-0.4, -0.2) is 73.9 Å². The van der Waals surface area contributed by atoms with Crippen molar-refractivity contribution >= 4 is 22.9 Å². The zero-order valence-corrected chi connectivity index (χ0v) is 22.7. The van der Waals surface area contributed by atoms with E-state index in [4.69, 9.17) is 19.4 Å². The average molecular weight is 516 g/mol. The standard InChI is InChI=1S/C28H33N7O3/c1-18-15-33(27(36)38-28(3,4)5)12-13-34(18)25-23-22(24-19(2)29-10-11-30-24)16-35(26(23)32-17-31-25)20-8-7-9-21(14-20)37-6/h7-11,14,16-18H,12-13,15H2,1-6H3/t18-/m0/s1. The van der Waals surface area contributed by atoms with E-state index >= 15 is 0 Å². The topological polar surface area (TPSA) is 98.5 Å². The molecular weight excluding hydrogens is 482 g/mol. The zero-order chi connectivity index (χ0) is 27.0. The molecule has 1 aliphatic heterocycles. The van der Waals surface area contributed by atoms with Crippen molar-refractivity contribution in [1.82, 2.24) is 29.4 Å². The van der Waals surface area contributed by atoms with Gasteiger partial charge in [-0.25, -0.2) is 14.8 Å². The molecule has 10 nitrogen and oxygen atoms in total. The van der Waals surface area contributed by atoms with Gasteiger partial charge in [-0.2, -0.15) is 0 Å². The minimum atomic E-state index is -0.539. The Balaban J connectivity index is 1.61. The number of piperazine rings is 1. The number of carbonyl (C=O) groups is 1. The van der Waals surface area contributed by atoms with Gasteiger partial charge < -0.3 is 23.8 Å². The number of aromatic nitrogens is 5. The minimum Gasteiger partial charge on any atom is -0.497 e. The summed E-state index contributed by atoms with van der Waals surface area (Å²) in [4.78, 5) is 35.3. The number of rotatable bonds is 4. The van der Waals surface area contributed by atoms with E-state index in [2.05, 4.69) is 21.8 Å².